The summed E-state index contributed by atoms with van der Waals surface area (Å²) in [4.78, 5) is 19.3. The van der Waals surface area contributed by atoms with Crippen LogP contribution in [0.2, 0.25) is 0 Å². The van der Waals surface area contributed by atoms with Gasteiger partial charge in [-0.3, -0.25) is 4.98 Å². The summed E-state index contributed by atoms with van der Waals surface area (Å²) < 4.78 is 3.26. The maximum Gasteiger partial charge on any atom is 0.164 e. The molecule has 0 fully saturated rings. The van der Waals surface area contributed by atoms with Crippen molar-refractivity contribution < 1.29 is 0 Å². The van der Waals surface area contributed by atoms with Gasteiger partial charge in [-0.25, -0.2) is 15.0 Å². The topological polar surface area (TPSA) is 56.5 Å². The number of benzene rings is 4. The Morgan fingerprint density at radius 3 is 1.84 bits per heavy atom. The molecule has 7 rings (SSSR count). The van der Waals surface area contributed by atoms with Crippen LogP contribution < -0.4 is 0 Å². The smallest absolute Gasteiger partial charge is 0.164 e. The number of hydrogen-bond donors (Lipinski definition) is 0. The summed E-state index contributed by atoms with van der Waals surface area (Å²) in [7, 11) is 0. The molecule has 0 bridgehead atoms. The Morgan fingerprint density at radius 1 is 0.526 bits per heavy atom. The highest BCUT2D eigenvalue weighted by atomic mass is 79.9. The third-order valence-electron chi connectivity index (χ3n) is 6.54. The van der Waals surface area contributed by atoms with Crippen LogP contribution in [0.1, 0.15) is 0 Å². The van der Waals surface area contributed by atoms with Crippen LogP contribution in [-0.4, -0.2) is 24.5 Å². The SMILES string of the molecule is Brc1ccc2c(c1)c1ncccc1n2-c1cccc(-c2nc(-c3ccccc3)nc(-c3ccccc3)n2)c1. The van der Waals surface area contributed by atoms with Gasteiger partial charge in [0.15, 0.2) is 17.5 Å². The van der Waals surface area contributed by atoms with Gasteiger partial charge in [-0.2, -0.15) is 0 Å². The molecule has 0 aliphatic carbocycles. The molecule has 3 heterocycles. The highest BCUT2D eigenvalue weighted by molar-refractivity contribution is 9.10. The van der Waals surface area contributed by atoms with E-state index in [2.05, 4.69) is 56.9 Å². The lowest BCUT2D eigenvalue weighted by atomic mass is 10.1. The Bertz CT molecular complexity index is 1870. The first kappa shape index (κ1) is 22.5. The molecule has 0 unspecified atom stereocenters. The molecule has 6 heteroatoms. The van der Waals surface area contributed by atoms with Crippen LogP contribution >= 0.6 is 15.9 Å². The number of fused-ring (bicyclic) bond motifs is 3. The molecule has 38 heavy (non-hydrogen) atoms. The van der Waals surface area contributed by atoms with Crippen molar-refractivity contribution in [1.29, 1.82) is 0 Å². The highest BCUT2D eigenvalue weighted by Crippen LogP contribution is 2.33. The molecule has 0 amide bonds. The second-order valence-electron chi connectivity index (χ2n) is 8.96. The van der Waals surface area contributed by atoms with E-state index in [1.165, 1.54) is 0 Å². The van der Waals surface area contributed by atoms with Gasteiger partial charge in [0.05, 0.1) is 16.6 Å². The van der Waals surface area contributed by atoms with Crippen molar-refractivity contribution in [2.24, 2.45) is 0 Å². The van der Waals surface area contributed by atoms with E-state index in [-0.39, 0.29) is 0 Å². The molecule has 7 aromatic rings. The first-order chi connectivity index (χ1) is 18.7. The van der Waals surface area contributed by atoms with Crippen LogP contribution in [-0.2, 0) is 0 Å². The summed E-state index contributed by atoms with van der Waals surface area (Å²) in [5.74, 6) is 1.91. The van der Waals surface area contributed by atoms with Crippen molar-refractivity contribution in [2.45, 2.75) is 0 Å². The van der Waals surface area contributed by atoms with Gasteiger partial charge in [0.25, 0.3) is 0 Å². The number of pyridine rings is 1. The number of nitrogens with zero attached hydrogens (tertiary/aromatic N) is 5. The molecule has 5 nitrogen and oxygen atoms in total. The third kappa shape index (κ3) is 3.96. The van der Waals surface area contributed by atoms with E-state index < -0.39 is 0 Å². The van der Waals surface area contributed by atoms with E-state index in [0.29, 0.717) is 17.5 Å². The van der Waals surface area contributed by atoms with Crippen molar-refractivity contribution in [2.75, 3.05) is 0 Å². The lowest BCUT2D eigenvalue weighted by Crippen LogP contribution is -2.01. The number of hydrogen-bond acceptors (Lipinski definition) is 4. The zero-order valence-corrected chi connectivity index (χ0v) is 21.7. The normalized spacial score (nSPS) is 11.3. The van der Waals surface area contributed by atoms with Gasteiger partial charge in [0, 0.05) is 38.4 Å². The van der Waals surface area contributed by atoms with Crippen LogP contribution in [0.25, 0.3) is 61.8 Å². The Kier molecular flexibility index (Phi) is 5.52. The summed E-state index contributed by atoms with van der Waals surface area (Å²) in [6.07, 6.45) is 1.84. The van der Waals surface area contributed by atoms with Gasteiger partial charge < -0.3 is 4.57 Å². The molecule has 0 saturated heterocycles. The van der Waals surface area contributed by atoms with Crippen LogP contribution in [0.15, 0.2) is 126 Å². The van der Waals surface area contributed by atoms with Gasteiger partial charge in [-0.05, 0) is 42.5 Å². The molecule has 3 aromatic heterocycles. The van der Waals surface area contributed by atoms with Gasteiger partial charge in [0.2, 0.25) is 0 Å². The molecule has 0 aliphatic rings. The average Bonchev–Trinajstić information content (AvgIpc) is 3.31. The molecule has 0 saturated carbocycles. The summed E-state index contributed by atoms with van der Waals surface area (Å²) in [6.45, 7) is 0. The molecule has 4 aromatic carbocycles. The summed E-state index contributed by atoms with van der Waals surface area (Å²) in [5.41, 5.74) is 6.92. The average molecular weight is 554 g/mol. The number of aromatic nitrogens is 5. The van der Waals surface area contributed by atoms with Crippen LogP contribution in [0, 0.1) is 0 Å². The predicted molar refractivity (Wildman–Crippen MR) is 156 cm³/mol. The second kappa shape index (κ2) is 9.32. The molecule has 0 atom stereocenters. The minimum Gasteiger partial charge on any atom is -0.308 e. The molecule has 0 N–H and O–H groups in total. The van der Waals surface area contributed by atoms with Crippen molar-refractivity contribution in [3.63, 3.8) is 0 Å². The zero-order chi connectivity index (χ0) is 25.5. The van der Waals surface area contributed by atoms with Crippen molar-refractivity contribution in [3.05, 3.63) is 126 Å². The highest BCUT2D eigenvalue weighted by Gasteiger charge is 2.16. The van der Waals surface area contributed by atoms with Crippen LogP contribution in [0.4, 0.5) is 0 Å². The zero-order valence-electron chi connectivity index (χ0n) is 20.2. The maximum absolute atomic E-state index is 4.91. The monoisotopic (exact) mass is 553 g/mol. The van der Waals surface area contributed by atoms with E-state index in [9.17, 15) is 0 Å². The molecular formula is C32H20BrN5. The largest absolute Gasteiger partial charge is 0.308 e. The first-order valence-corrected chi connectivity index (χ1v) is 13.1. The lowest BCUT2D eigenvalue weighted by Gasteiger charge is -2.11. The Labute approximate surface area is 227 Å². The molecular weight excluding hydrogens is 534 g/mol. The quantitative estimate of drug-likeness (QED) is 0.221. The first-order valence-electron chi connectivity index (χ1n) is 12.3. The van der Waals surface area contributed by atoms with E-state index >= 15 is 0 Å². The molecule has 0 aliphatic heterocycles. The molecule has 0 spiro atoms. The predicted octanol–water partition coefficient (Wildman–Crippen LogP) is 8.13. The van der Waals surface area contributed by atoms with Crippen molar-refractivity contribution >= 4 is 37.9 Å². The second-order valence-corrected chi connectivity index (χ2v) is 9.87. The summed E-state index contributed by atoms with van der Waals surface area (Å²) in [5, 5.41) is 1.10. The van der Waals surface area contributed by atoms with E-state index in [0.717, 1.165) is 48.8 Å². The van der Waals surface area contributed by atoms with Gasteiger partial charge in [-0.15, -0.1) is 0 Å². The lowest BCUT2D eigenvalue weighted by molar-refractivity contribution is 1.07. The standard InChI is InChI=1S/C32H20BrN5/c33-24-16-17-27-26(20-24)29-28(15-8-18-34-29)38(27)25-14-7-13-23(19-25)32-36-30(21-9-3-1-4-10-21)35-31(37-32)22-11-5-2-6-12-22/h1-20H. The fourth-order valence-corrected chi connectivity index (χ4v) is 5.17. The fourth-order valence-electron chi connectivity index (χ4n) is 4.81. The minimum absolute atomic E-state index is 0.626. The van der Waals surface area contributed by atoms with Gasteiger partial charge in [0.1, 0.15) is 0 Å². The third-order valence-corrected chi connectivity index (χ3v) is 7.04. The van der Waals surface area contributed by atoms with E-state index in [4.69, 9.17) is 19.9 Å². The van der Waals surface area contributed by atoms with Crippen LogP contribution in [0.5, 0.6) is 0 Å². The Morgan fingerprint density at radius 2 is 1.16 bits per heavy atom. The van der Waals surface area contributed by atoms with E-state index in [1.54, 1.807) is 0 Å². The molecule has 180 valence electrons. The fraction of sp³-hybridized carbons (Fsp3) is 0. The maximum atomic E-state index is 4.91. The van der Waals surface area contributed by atoms with Crippen LogP contribution in [0.3, 0.4) is 0 Å². The number of rotatable bonds is 4. The Balaban J connectivity index is 1.44. The number of halogens is 1. The Hall–Kier alpha value is -4.68. The summed E-state index contributed by atoms with van der Waals surface area (Å²) >= 11 is 3.62. The van der Waals surface area contributed by atoms with Gasteiger partial charge >= 0.3 is 0 Å². The minimum atomic E-state index is 0.626. The van der Waals surface area contributed by atoms with Crippen molar-refractivity contribution in [3.8, 4) is 39.9 Å². The van der Waals surface area contributed by atoms with E-state index in [1.807, 2.05) is 85.1 Å². The van der Waals surface area contributed by atoms with Gasteiger partial charge in [-0.1, -0.05) is 88.7 Å². The van der Waals surface area contributed by atoms with Crippen molar-refractivity contribution in [1.82, 2.24) is 24.5 Å². The summed E-state index contributed by atoms with van der Waals surface area (Å²) in [6, 6.07) is 38.8. The molecule has 0 radical (unpaired) electrons.